The monoisotopic (exact) mass is 343 g/mol. The number of hydrogen-bond acceptors (Lipinski definition) is 5. The molecule has 2 aromatic rings. The summed E-state index contributed by atoms with van der Waals surface area (Å²) in [7, 11) is 0. The maximum absolute atomic E-state index is 12.0. The summed E-state index contributed by atoms with van der Waals surface area (Å²) in [4.78, 5) is 12.6. The van der Waals surface area contributed by atoms with Crippen LogP contribution < -0.4 is 16.6 Å². The average Bonchev–Trinajstić information content (AvgIpc) is 2.60. The quantitative estimate of drug-likeness (QED) is 0.294. The van der Waals surface area contributed by atoms with Gasteiger partial charge in [0.05, 0.1) is 17.1 Å². The Kier molecular flexibility index (Phi) is 7.25. The van der Waals surface area contributed by atoms with Gasteiger partial charge in [0.25, 0.3) is 0 Å². The van der Waals surface area contributed by atoms with Crippen LogP contribution in [0.1, 0.15) is 30.5 Å². The van der Waals surface area contributed by atoms with E-state index in [0.29, 0.717) is 17.2 Å². The van der Waals surface area contributed by atoms with Gasteiger partial charge in [-0.15, -0.1) is 5.10 Å². The molecule has 0 fully saturated rings. The Balaban J connectivity index is 1.75. The highest BCUT2D eigenvalue weighted by atomic mass is 32.1. The number of nitrogens with one attached hydrogen (secondary N) is 2. The molecule has 0 aliphatic carbocycles. The molecule has 126 valence electrons. The van der Waals surface area contributed by atoms with Crippen molar-refractivity contribution in [2.75, 3.05) is 5.32 Å². The van der Waals surface area contributed by atoms with Crippen LogP contribution in [-0.2, 0) is 17.6 Å². The second kappa shape index (κ2) is 9.69. The molecule has 1 aromatic carbocycles. The fourth-order valence-corrected chi connectivity index (χ4v) is 2.34. The molecule has 0 unspecified atom stereocenters. The zero-order valence-corrected chi connectivity index (χ0v) is 14.2. The number of nitrogens with zero attached hydrogens (tertiary/aromatic N) is 2. The molecule has 7 heteroatoms. The van der Waals surface area contributed by atoms with Crippen LogP contribution in [0.4, 0.5) is 5.82 Å². The lowest BCUT2D eigenvalue weighted by Gasteiger charge is -2.05. The zero-order valence-electron chi connectivity index (χ0n) is 13.4. The third-order valence-corrected chi connectivity index (χ3v) is 3.76. The largest absolute Gasteiger partial charge is 0.318 e. The number of amides is 1. The van der Waals surface area contributed by atoms with Crippen LogP contribution in [0, 0.1) is 0 Å². The molecule has 2 rings (SSSR count). The number of hydrazine groups is 1. The molecule has 0 spiro atoms. The number of benzene rings is 1. The summed E-state index contributed by atoms with van der Waals surface area (Å²) in [6, 6.07) is 13.2. The van der Waals surface area contributed by atoms with Gasteiger partial charge in [-0.3, -0.25) is 10.6 Å². The SMILES string of the molecule is NNC(=S)CCCCc1ccc(NC(=O)Cc2ccccc2)nn1. The summed E-state index contributed by atoms with van der Waals surface area (Å²) in [5, 5.41) is 10.9. The van der Waals surface area contributed by atoms with E-state index in [1.165, 1.54) is 0 Å². The minimum absolute atomic E-state index is 0.106. The highest BCUT2D eigenvalue weighted by Crippen LogP contribution is 2.08. The number of nitrogens with two attached hydrogens (primary N) is 1. The third kappa shape index (κ3) is 6.39. The van der Waals surface area contributed by atoms with E-state index in [9.17, 15) is 4.79 Å². The normalized spacial score (nSPS) is 10.2. The Hall–Kier alpha value is -2.38. The number of aromatic nitrogens is 2. The van der Waals surface area contributed by atoms with Gasteiger partial charge in [-0.1, -0.05) is 42.5 Å². The van der Waals surface area contributed by atoms with Crippen molar-refractivity contribution < 1.29 is 4.79 Å². The van der Waals surface area contributed by atoms with E-state index in [1.807, 2.05) is 36.4 Å². The lowest BCUT2D eigenvalue weighted by atomic mass is 10.1. The average molecular weight is 343 g/mol. The van der Waals surface area contributed by atoms with Crippen LogP contribution in [0.3, 0.4) is 0 Å². The number of carbonyl (C=O) groups excluding carboxylic acids is 1. The summed E-state index contributed by atoms with van der Waals surface area (Å²) in [5.74, 6) is 5.58. The molecule has 24 heavy (non-hydrogen) atoms. The van der Waals surface area contributed by atoms with Gasteiger partial charge in [-0.25, -0.2) is 0 Å². The van der Waals surface area contributed by atoms with Crippen LogP contribution in [0.5, 0.6) is 0 Å². The Bertz CT molecular complexity index is 660. The van der Waals surface area contributed by atoms with Crippen molar-refractivity contribution in [1.29, 1.82) is 0 Å². The van der Waals surface area contributed by atoms with Gasteiger partial charge >= 0.3 is 0 Å². The number of hydrogen-bond donors (Lipinski definition) is 3. The number of aryl methyl sites for hydroxylation is 1. The molecule has 0 aliphatic rings. The second-order valence-electron chi connectivity index (χ2n) is 5.40. The number of thiocarbonyl (C=S) groups is 1. The first-order valence-corrected chi connectivity index (χ1v) is 8.24. The van der Waals surface area contributed by atoms with Crippen LogP contribution in [0.15, 0.2) is 42.5 Å². The molecule has 0 saturated carbocycles. The van der Waals surface area contributed by atoms with Crippen molar-refractivity contribution >= 4 is 28.9 Å². The fraction of sp³-hybridized carbons (Fsp3) is 0.294. The Labute approximate surface area is 146 Å². The Morgan fingerprint density at radius 1 is 1.08 bits per heavy atom. The summed E-state index contributed by atoms with van der Waals surface area (Å²) in [6.45, 7) is 0. The van der Waals surface area contributed by atoms with Gasteiger partial charge < -0.3 is 10.7 Å². The maximum Gasteiger partial charge on any atom is 0.229 e. The lowest BCUT2D eigenvalue weighted by molar-refractivity contribution is -0.115. The highest BCUT2D eigenvalue weighted by molar-refractivity contribution is 7.80. The van der Waals surface area contributed by atoms with Gasteiger partial charge in [-0.2, -0.15) is 5.10 Å². The van der Waals surface area contributed by atoms with Crippen LogP contribution in [-0.4, -0.2) is 21.1 Å². The third-order valence-electron chi connectivity index (χ3n) is 3.44. The summed E-state index contributed by atoms with van der Waals surface area (Å²) in [5.41, 5.74) is 4.32. The lowest BCUT2D eigenvalue weighted by Crippen LogP contribution is -2.28. The number of carbonyl (C=O) groups is 1. The molecule has 0 radical (unpaired) electrons. The van der Waals surface area contributed by atoms with Crippen LogP contribution in [0.25, 0.3) is 0 Å². The van der Waals surface area contributed by atoms with E-state index in [1.54, 1.807) is 6.07 Å². The summed E-state index contributed by atoms with van der Waals surface area (Å²) < 4.78 is 0. The molecule has 1 aromatic heterocycles. The van der Waals surface area contributed by atoms with E-state index in [-0.39, 0.29) is 5.91 Å². The van der Waals surface area contributed by atoms with Gasteiger partial charge in [0.15, 0.2) is 5.82 Å². The number of rotatable bonds is 8. The number of anilines is 1. The van der Waals surface area contributed by atoms with Crippen molar-refractivity contribution in [2.45, 2.75) is 32.1 Å². The van der Waals surface area contributed by atoms with Gasteiger partial charge in [0, 0.05) is 0 Å². The molecule has 4 N–H and O–H groups in total. The van der Waals surface area contributed by atoms with Crippen LogP contribution in [0.2, 0.25) is 0 Å². The van der Waals surface area contributed by atoms with Crippen LogP contribution >= 0.6 is 12.2 Å². The van der Waals surface area contributed by atoms with Crippen molar-refractivity contribution in [3.8, 4) is 0 Å². The minimum Gasteiger partial charge on any atom is -0.318 e. The second-order valence-corrected chi connectivity index (χ2v) is 5.89. The van der Waals surface area contributed by atoms with Crippen molar-refractivity contribution in [2.24, 2.45) is 5.84 Å². The van der Waals surface area contributed by atoms with E-state index in [4.69, 9.17) is 18.1 Å². The standard InChI is InChI=1S/C17H21N5OS/c18-20-17(24)9-5-4-8-14-10-11-15(22-21-14)19-16(23)12-13-6-2-1-3-7-13/h1-3,6-7,10-11H,4-5,8-9,12,18H2,(H,20,24)(H,19,22,23). The minimum atomic E-state index is -0.106. The first-order chi connectivity index (χ1) is 11.7. The van der Waals surface area contributed by atoms with E-state index < -0.39 is 0 Å². The predicted octanol–water partition coefficient (Wildman–Crippen LogP) is 2.16. The summed E-state index contributed by atoms with van der Waals surface area (Å²) in [6.07, 6.45) is 3.81. The number of unbranched alkanes of at least 4 members (excludes halogenated alkanes) is 1. The molecule has 6 nitrogen and oxygen atoms in total. The zero-order chi connectivity index (χ0) is 17.2. The molecular weight excluding hydrogens is 322 g/mol. The fourth-order valence-electron chi connectivity index (χ4n) is 2.19. The van der Waals surface area contributed by atoms with E-state index in [2.05, 4.69) is 20.9 Å². The Morgan fingerprint density at radius 2 is 1.88 bits per heavy atom. The van der Waals surface area contributed by atoms with Gasteiger partial charge in [0.1, 0.15) is 0 Å². The van der Waals surface area contributed by atoms with E-state index in [0.717, 1.165) is 36.9 Å². The molecule has 0 aliphatic heterocycles. The smallest absolute Gasteiger partial charge is 0.229 e. The molecule has 0 saturated heterocycles. The first kappa shape index (κ1) is 18.0. The maximum atomic E-state index is 12.0. The molecule has 1 amide bonds. The predicted molar refractivity (Wildman–Crippen MR) is 98.3 cm³/mol. The van der Waals surface area contributed by atoms with Gasteiger partial charge in [-0.05, 0) is 43.4 Å². The molecule has 0 atom stereocenters. The van der Waals surface area contributed by atoms with Crippen molar-refractivity contribution in [3.63, 3.8) is 0 Å². The molecular formula is C17H21N5OS. The van der Waals surface area contributed by atoms with Crippen molar-refractivity contribution in [3.05, 3.63) is 53.7 Å². The highest BCUT2D eigenvalue weighted by Gasteiger charge is 2.05. The first-order valence-electron chi connectivity index (χ1n) is 7.83. The van der Waals surface area contributed by atoms with Crippen molar-refractivity contribution in [1.82, 2.24) is 15.6 Å². The van der Waals surface area contributed by atoms with E-state index >= 15 is 0 Å². The molecule has 0 bridgehead atoms. The topological polar surface area (TPSA) is 92.9 Å². The Morgan fingerprint density at radius 3 is 2.54 bits per heavy atom. The summed E-state index contributed by atoms with van der Waals surface area (Å²) >= 11 is 4.98. The molecule has 1 heterocycles. The van der Waals surface area contributed by atoms with Gasteiger partial charge in [0.2, 0.25) is 5.91 Å².